The van der Waals surface area contributed by atoms with Gasteiger partial charge in [-0.3, -0.25) is 4.79 Å². The zero-order chi connectivity index (χ0) is 11.5. The fourth-order valence-electron chi connectivity index (χ4n) is 0.980. The molecule has 1 atom stereocenters. The first kappa shape index (κ1) is 12.0. The van der Waals surface area contributed by atoms with E-state index in [0.717, 1.165) is 0 Å². The Hall–Kier alpha value is -1.07. The van der Waals surface area contributed by atoms with Gasteiger partial charge in [0.15, 0.2) is 0 Å². The van der Waals surface area contributed by atoms with Gasteiger partial charge in [-0.1, -0.05) is 6.92 Å². The fraction of sp³-hybridized carbons (Fsp3) is 0.500. The number of hydrogen-bond acceptors (Lipinski definition) is 4. The summed E-state index contributed by atoms with van der Waals surface area (Å²) in [6.07, 6.45) is 0.590. The van der Waals surface area contributed by atoms with Gasteiger partial charge in [0.25, 0.3) is 5.91 Å². The second-order valence-electron chi connectivity index (χ2n) is 3.74. The van der Waals surface area contributed by atoms with Gasteiger partial charge >= 0.3 is 0 Å². The van der Waals surface area contributed by atoms with Crippen LogP contribution in [0, 0.1) is 0 Å². The molecule has 0 radical (unpaired) electrons. The summed E-state index contributed by atoms with van der Waals surface area (Å²) in [5.74, 6) is -0.226. The standard InChI is InChI=1S/C10H16N2O2S/c1-3-10(2,14)6-12-9(13)8-7(11)4-5-15-8/h4-5,14H,3,6,11H2,1-2H3,(H,12,13). The van der Waals surface area contributed by atoms with E-state index in [1.165, 1.54) is 11.3 Å². The predicted octanol–water partition coefficient (Wildman–Crippen LogP) is 1.22. The van der Waals surface area contributed by atoms with Crippen LogP contribution in [0.1, 0.15) is 29.9 Å². The molecule has 1 rings (SSSR count). The van der Waals surface area contributed by atoms with Gasteiger partial charge in [0, 0.05) is 6.54 Å². The first-order valence-electron chi connectivity index (χ1n) is 4.80. The molecule has 4 N–H and O–H groups in total. The van der Waals surface area contributed by atoms with Gasteiger partial charge < -0.3 is 16.2 Å². The van der Waals surface area contributed by atoms with Crippen molar-refractivity contribution in [3.63, 3.8) is 0 Å². The lowest BCUT2D eigenvalue weighted by Gasteiger charge is -2.21. The number of nitrogens with two attached hydrogens (primary N) is 1. The Bertz CT molecular complexity index is 347. The molecule has 0 spiro atoms. The molecule has 5 heteroatoms. The summed E-state index contributed by atoms with van der Waals surface area (Å²) in [6, 6.07) is 1.69. The average Bonchev–Trinajstić information content (AvgIpc) is 2.61. The Morgan fingerprint density at radius 1 is 1.73 bits per heavy atom. The fourth-order valence-corrected chi connectivity index (χ4v) is 1.71. The highest BCUT2D eigenvalue weighted by atomic mass is 32.1. The van der Waals surface area contributed by atoms with Gasteiger partial charge in [0.2, 0.25) is 0 Å². The molecule has 0 saturated heterocycles. The van der Waals surface area contributed by atoms with Crippen molar-refractivity contribution >= 4 is 22.9 Å². The molecule has 15 heavy (non-hydrogen) atoms. The summed E-state index contributed by atoms with van der Waals surface area (Å²) in [4.78, 5) is 12.1. The molecule has 84 valence electrons. The Morgan fingerprint density at radius 2 is 2.40 bits per heavy atom. The van der Waals surface area contributed by atoms with Crippen LogP contribution in [0.25, 0.3) is 0 Å². The minimum atomic E-state index is -0.859. The molecule has 1 unspecified atom stereocenters. The molecule has 0 aliphatic heterocycles. The van der Waals surface area contributed by atoms with Crippen molar-refractivity contribution in [1.82, 2.24) is 5.32 Å². The summed E-state index contributed by atoms with van der Waals surface area (Å²) in [5, 5.41) is 14.1. The van der Waals surface area contributed by atoms with Crippen LogP contribution >= 0.6 is 11.3 Å². The van der Waals surface area contributed by atoms with E-state index in [1.54, 1.807) is 18.4 Å². The maximum atomic E-state index is 11.6. The highest BCUT2D eigenvalue weighted by molar-refractivity contribution is 7.12. The third kappa shape index (κ3) is 3.21. The first-order chi connectivity index (χ1) is 6.96. The van der Waals surface area contributed by atoms with Crippen LogP contribution in [-0.4, -0.2) is 23.2 Å². The Labute approximate surface area is 93.1 Å². The number of rotatable bonds is 4. The average molecular weight is 228 g/mol. The summed E-state index contributed by atoms with van der Waals surface area (Å²) >= 11 is 1.30. The molecule has 0 aliphatic rings. The van der Waals surface area contributed by atoms with Crippen molar-refractivity contribution in [2.45, 2.75) is 25.9 Å². The van der Waals surface area contributed by atoms with Gasteiger partial charge in [-0.25, -0.2) is 0 Å². The molecular weight excluding hydrogens is 212 g/mol. The van der Waals surface area contributed by atoms with Crippen molar-refractivity contribution in [1.29, 1.82) is 0 Å². The Morgan fingerprint density at radius 3 is 2.87 bits per heavy atom. The third-order valence-electron chi connectivity index (χ3n) is 2.29. The van der Waals surface area contributed by atoms with Gasteiger partial charge in [-0.15, -0.1) is 11.3 Å². The Kier molecular flexibility index (Phi) is 3.71. The number of thiophene rings is 1. The van der Waals surface area contributed by atoms with E-state index in [2.05, 4.69) is 5.32 Å². The van der Waals surface area contributed by atoms with Crippen LogP contribution in [0.5, 0.6) is 0 Å². The minimum absolute atomic E-state index is 0.226. The summed E-state index contributed by atoms with van der Waals surface area (Å²) in [6.45, 7) is 3.79. The SMILES string of the molecule is CCC(C)(O)CNC(=O)c1sccc1N. The lowest BCUT2D eigenvalue weighted by atomic mass is 10.0. The van der Waals surface area contributed by atoms with E-state index in [0.29, 0.717) is 17.0 Å². The van der Waals surface area contributed by atoms with Crippen LogP contribution in [0.3, 0.4) is 0 Å². The number of nitrogen functional groups attached to an aromatic ring is 1. The van der Waals surface area contributed by atoms with Crippen LogP contribution in [0.2, 0.25) is 0 Å². The number of carbonyl (C=O) groups is 1. The molecule has 0 bridgehead atoms. The molecule has 0 saturated carbocycles. The van der Waals surface area contributed by atoms with E-state index < -0.39 is 5.60 Å². The zero-order valence-electron chi connectivity index (χ0n) is 8.91. The topological polar surface area (TPSA) is 75.3 Å². The van der Waals surface area contributed by atoms with Gasteiger partial charge in [-0.2, -0.15) is 0 Å². The van der Waals surface area contributed by atoms with E-state index in [9.17, 15) is 9.90 Å². The van der Waals surface area contributed by atoms with Crippen molar-refractivity contribution in [2.24, 2.45) is 0 Å². The predicted molar refractivity (Wildman–Crippen MR) is 62.0 cm³/mol. The maximum Gasteiger partial charge on any atom is 0.263 e. The smallest absolute Gasteiger partial charge is 0.263 e. The number of hydrogen-bond donors (Lipinski definition) is 3. The number of aliphatic hydroxyl groups is 1. The maximum absolute atomic E-state index is 11.6. The minimum Gasteiger partial charge on any atom is -0.397 e. The van der Waals surface area contributed by atoms with Crippen LogP contribution in [-0.2, 0) is 0 Å². The molecule has 0 aliphatic carbocycles. The zero-order valence-corrected chi connectivity index (χ0v) is 9.73. The normalized spacial score (nSPS) is 14.6. The molecule has 1 aromatic heterocycles. The summed E-state index contributed by atoms with van der Waals surface area (Å²) < 4.78 is 0. The van der Waals surface area contributed by atoms with E-state index in [-0.39, 0.29) is 12.5 Å². The van der Waals surface area contributed by atoms with Crippen molar-refractivity contribution in [2.75, 3.05) is 12.3 Å². The monoisotopic (exact) mass is 228 g/mol. The van der Waals surface area contributed by atoms with Crippen LogP contribution < -0.4 is 11.1 Å². The summed E-state index contributed by atoms with van der Waals surface area (Å²) in [5.41, 5.74) is 5.22. The molecule has 4 nitrogen and oxygen atoms in total. The van der Waals surface area contributed by atoms with Gasteiger partial charge in [0.1, 0.15) is 4.88 Å². The van der Waals surface area contributed by atoms with Crippen LogP contribution in [0.15, 0.2) is 11.4 Å². The third-order valence-corrected chi connectivity index (χ3v) is 3.22. The molecule has 1 amide bonds. The molecule has 0 fully saturated rings. The number of nitrogens with one attached hydrogen (secondary N) is 1. The molecule has 0 aromatic carbocycles. The van der Waals surface area contributed by atoms with E-state index >= 15 is 0 Å². The number of amides is 1. The van der Waals surface area contributed by atoms with Gasteiger partial charge in [0.05, 0.1) is 11.3 Å². The van der Waals surface area contributed by atoms with Crippen molar-refractivity contribution in [3.05, 3.63) is 16.3 Å². The largest absolute Gasteiger partial charge is 0.397 e. The molecule has 1 aromatic rings. The quantitative estimate of drug-likeness (QED) is 0.725. The van der Waals surface area contributed by atoms with E-state index in [4.69, 9.17) is 5.73 Å². The summed E-state index contributed by atoms with van der Waals surface area (Å²) in [7, 11) is 0. The second-order valence-corrected chi connectivity index (χ2v) is 4.65. The lowest BCUT2D eigenvalue weighted by molar-refractivity contribution is 0.0519. The first-order valence-corrected chi connectivity index (χ1v) is 5.68. The van der Waals surface area contributed by atoms with Crippen molar-refractivity contribution in [3.8, 4) is 0 Å². The second kappa shape index (κ2) is 4.63. The molecular formula is C10H16N2O2S. The molecule has 1 heterocycles. The lowest BCUT2D eigenvalue weighted by Crippen LogP contribution is -2.39. The van der Waals surface area contributed by atoms with Crippen molar-refractivity contribution < 1.29 is 9.90 Å². The number of carbonyl (C=O) groups excluding carboxylic acids is 1. The van der Waals surface area contributed by atoms with Gasteiger partial charge in [-0.05, 0) is 24.8 Å². The Balaban J connectivity index is 2.55. The van der Waals surface area contributed by atoms with E-state index in [1.807, 2.05) is 6.92 Å². The number of anilines is 1. The highest BCUT2D eigenvalue weighted by Gasteiger charge is 2.19. The van der Waals surface area contributed by atoms with Crippen LogP contribution in [0.4, 0.5) is 5.69 Å². The highest BCUT2D eigenvalue weighted by Crippen LogP contribution is 2.18.